The van der Waals surface area contributed by atoms with Crippen LogP contribution in [-0.4, -0.2) is 34.5 Å². The van der Waals surface area contributed by atoms with Crippen molar-refractivity contribution < 1.29 is 14.7 Å². The number of carbonyl (C=O) groups excluding carboxylic acids is 2. The van der Waals surface area contributed by atoms with E-state index in [4.69, 9.17) is 0 Å². The van der Waals surface area contributed by atoms with Crippen LogP contribution in [-0.2, 0) is 16.1 Å². The summed E-state index contributed by atoms with van der Waals surface area (Å²) in [4.78, 5) is 25.1. The van der Waals surface area contributed by atoms with Crippen molar-refractivity contribution in [2.75, 3.05) is 11.9 Å². The molecule has 0 spiro atoms. The third-order valence-corrected chi connectivity index (χ3v) is 3.58. The van der Waals surface area contributed by atoms with E-state index in [0.717, 1.165) is 5.56 Å². The molecule has 1 rings (SSSR count). The summed E-state index contributed by atoms with van der Waals surface area (Å²) in [6.07, 6.45) is -0.562. The predicted octanol–water partition coefficient (Wildman–Crippen LogP) is 2.40. The van der Waals surface area contributed by atoms with E-state index in [9.17, 15) is 14.7 Å². The molecule has 1 unspecified atom stereocenters. The van der Waals surface area contributed by atoms with Gasteiger partial charge in [0.2, 0.25) is 11.8 Å². The molecule has 122 valence electrons. The maximum atomic E-state index is 11.9. The van der Waals surface area contributed by atoms with Crippen LogP contribution in [0.25, 0.3) is 0 Å². The second-order valence-electron chi connectivity index (χ2n) is 5.80. The van der Waals surface area contributed by atoms with E-state index < -0.39 is 6.10 Å². The molecule has 2 amide bonds. The molecule has 0 radical (unpaired) electrons. The van der Waals surface area contributed by atoms with Gasteiger partial charge in [0, 0.05) is 25.7 Å². The second-order valence-corrected chi connectivity index (χ2v) is 5.80. The number of benzene rings is 1. The van der Waals surface area contributed by atoms with Crippen LogP contribution in [0, 0.1) is 5.92 Å². The maximum Gasteiger partial charge on any atom is 0.226 e. The average molecular weight is 306 g/mol. The number of nitrogens with one attached hydrogen (secondary N) is 1. The largest absolute Gasteiger partial charge is 0.392 e. The van der Waals surface area contributed by atoms with Crippen molar-refractivity contribution in [3.63, 3.8) is 0 Å². The topological polar surface area (TPSA) is 69.6 Å². The summed E-state index contributed by atoms with van der Waals surface area (Å²) in [5.74, 6) is -0.139. The first-order valence-electron chi connectivity index (χ1n) is 7.65. The Morgan fingerprint density at radius 2 is 2.00 bits per heavy atom. The highest BCUT2D eigenvalue weighted by atomic mass is 16.3. The van der Waals surface area contributed by atoms with Crippen molar-refractivity contribution in [3.8, 4) is 0 Å². The lowest BCUT2D eigenvalue weighted by molar-refractivity contribution is -0.129. The molecule has 2 N–H and O–H groups in total. The molecule has 0 aliphatic heterocycles. The summed E-state index contributed by atoms with van der Waals surface area (Å²) < 4.78 is 0. The number of rotatable bonds is 7. The van der Waals surface area contributed by atoms with Crippen molar-refractivity contribution in [1.29, 1.82) is 0 Å². The summed E-state index contributed by atoms with van der Waals surface area (Å²) >= 11 is 0. The van der Waals surface area contributed by atoms with Gasteiger partial charge in [-0.1, -0.05) is 26.0 Å². The molecular weight excluding hydrogens is 280 g/mol. The van der Waals surface area contributed by atoms with Gasteiger partial charge in [0.05, 0.1) is 12.5 Å². The number of hydrogen-bond donors (Lipinski definition) is 2. The van der Waals surface area contributed by atoms with Crippen LogP contribution in [0.4, 0.5) is 5.69 Å². The molecule has 0 fully saturated rings. The standard InChI is InChI=1S/C17H26N2O3/c1-5-19(13(4)20)11-14-7-6-8-15(9-14)18-17(22)10-16(21)12(2)3/h6-9,12,16,21H,5,10-11H2,1-4H3,(H,18,22). The first kappa shape index (κ1) is 18.2. The highest BCUT2D eigenvalue weighted by Crippen LogP contribution is 2.14. The lowest BCUT2D eigenvalue weighted by atomic mass is 10.0. The Bertz CT molecular complexity index is 514. The fraction of sp³-hybridized carbons (Fsp3) is 0.529. The number of anilines is 1. The van der Waals surface area contributed by atoms with Gasteiger partial charge in [-0.25, -0.2) is 0 Å². The molecule has 0 aliphatic rings. The fourth-order valence-electron chi connectivity index (χ4n) is 2.05. The monoisotopic (exact) mass is 306 g/mol. The molecule has 1 atom stereocenters. The quantitative estimate of drug-likeness (QED) is 0.812. The first-order valence-corrected chi connectivity index (χ1v) is 7.65. The number of aliphatic hydroxyl groups is 1. The summed E-state index contributed by atoms with van der Waals surface area (Å²) in [7, 11) is 0. The van der Waals surface area contributed by atoms with Crippen molar-refractivity contribution in [2.24, 2.45) is 5.92 Å². The SMILES string of the molecule is CCN(Cc1cccc(NC(=O)CC(O)C(C)C)c1)C(C)=O. The molecule has 1 aromatic carbocycles. The van der Waals surface area contributed by atoms with E-state index in [1.54, 1.807) is 17.9 Å². The van der Waals surface area contributed by atoms with E-state index in [1.165, 1.54) is 0 Å². The Kier molecular flexibility index (Phi) is 7.05. The normalized spacial score (nSPS) is 12.1. The van der Waals surface area contributed by atoms with Gasteiger partial charge in [-0.2, -0.15) is 0 Å². The lowest BCUT2D eigenvalue weighted by Crippen LogP contribution is -2.27. The van der Waals surface area contributed by atoms with E-state index in [0.29, 0.717) is 18.8 Å². The van der Waals surface area contributed by atoms with E-state index in [2.05, 4.69) is 5.32 Å². The van der Waals surface area contributed by atoms with Gasteiger partial charge in [0.1, 0.15) is 0 Å². The van der Waals surface area contributed by atoms with Crippen LogP contribution < -0.4 is 5.32 Å². The van der Waals surface area contributed by atoms with E-state index >= 15 is 0 Å². The minimum atomic E-state index is -0.642. The highest BCUT2D eigenvalue weighted by molar-refractivity contribution is 5.91. The minimum absolute atomic E-state index is 0.0250. The summed E-state index contributed by atoms with van der Waals surface area (Å²) in [6.45, 7) is 8.39. The summed E-state index contributed by atoms with van der Waals surface area (Å²) in [5.41, 5.74) is 1.64. The molecule has 0 aromatic heterocycles. The Labute approximate surface area is 132 Å². The Balaban J connectivity index is 2.68. The lowest BCUT2D eigenvalue weighted by Gasteiger charge is -2.19. The number of amides is 2. The van der Waals surface area contributed by atoms with Gasteiger partial charge in [-0.15, -0.1) is 0 Å². The van der Waals surface area contributed by atoms with Crippen LogP contribution in [0.3, 0.4) is 0 Å². The number of carbonyl (C=O) groups is 2. The van der Waals surface area contributed by atoms with Crippen LogP contribution in [0.15, 0.2) is 24.3 Å². The summed E-state index contributed by atoms with van der Waals surface area (Å²) in [5, 5.41) is 12.5. The second kappa shape index (κ2) is 8.54. The third kappa shape index (κ3) is 5.85. The summed E-state index contributed by atoms with van der Waals surface area (Å²) in [6, 6.07) is 7.42. The van der Waals surface area contributed by atoms with E-state index in [-0.39, 0.29) is 24.2 Å². The maximum absolute atomic E-state index is 11.9. The van der Waals surface area contributed by atoms with Crippen molar-refractivity contribution in [2.45, 2.75) is 46.8 Å². The molecule has 0 saturated carbocycles. The van der Waals surface area contributed by atoms with Crippen LogP contribution in [0.1, 0.15) is 39.7 Å². The van der Waals surface area contributed by atoms with Gasteiger partial charge >= 0.3 is 0 Å². The molecule has 0 heterocycles. The zero-order valence-corrected chi connectivity index (χ0v) is 13.8. The first-order chi connectivity index (χ1) is 10.3. The smallest absolute Gasteiger partial charge is 0.226 e. The molecular formula is C17H26N2O3. The molecule has 0 aliphatic carbocycles. The average Bonchev–Trinajstić information content (AvgIpc) is 2.44. The van der Waals surface area contributed by atoms with Gasteiger partial charge in [0.25, 0.3) is 0 Å². The molecule has 22 heavy (non-hydrogen) atoms. The van der Waals surface area contributed by atoms with Gasteiger partial charge in [-0.05, 0) is 30.5 Å². The Morgan fingerprint density at radius 1 is 1.32 bits per heavy atom. The number of nitrogens with zero attached hydrogens (tertiary/aromatic N) is 1. The highest BCUT2D eigenvalue weighted by Gasteiger charge is 2.14. The third-order valence-electron chi connectivity index (χ3n) is 3.58. The zero-order valence-electron chi connectivity index (χ0n) is 13.8. The molecule has 5 heteroatoms. The number of aliphatic hydroxyl groups excluding tert-OH is 1. The predicted molar refractivity (Wildman–Crippen MR) is 87.3 cm³/mol. The van der Waals surface area contributed by atoms with Crippen LogP contribution in [0.2, 0.25) is 0 Å². The number of hydrogen-bond acceptors (Lipinski definition) is 3. The van der Waals surface area contributed by atoms with Crippen LogP contribution in [0.5, 0.6) is 0 Å². The van der Waals surface area contributed by atoms with Crippen molar-refractivity contribution >= 4 is 17.5 Å². The van der Waals surface area contributed by atoms with Crippen molar-refractivity contribution in [3.05, 3.63) is 29.8 Å². The van der Waals surface area contributed by atoms with Gasteiger partial charge in [-0.3, -0.25) is 9.59 Å². The molecule has 0 bridgehead atoms. The Morgan fingerprint density at radius 3 is 2.55 bits per heavy atom. The van der Waals surface area contributed by atoms with Crippen molar-refractivity contribution in [1.82, 2.24) is 4.90 Å². The molecule has 0 saturated heterocycles. The van der Waals surface area contributed by atoms with Crippen LogP contribution >= 0.6 is 0 Å². The fourth-order valence-corrected chi connectivity index (χ4v) is 2.05. The van der Waals surface area contributed by atoms with E-state index in [1.807, 2.05) is 39.0 Å². The molecule has 5 nitrogen and oxygen atoms in total. The zero-order chi connectivity index (χ0) is 16.7. The Hall–Kier alpha value is -1.88. The van der Waals surface area contributed by atoms with Gasteiger partial charge < -0.3 is 15.3 Å². The minimum Gasteiger partial charge on any atom is -0.392 e. The molecule has 1 aromatic rings. The van der Waals surface area contributed by atoms with Gasteiger partial charge in [0.15, 0.2) is 0 Å².